The van der Waals surface area contributed by atoms with Crippen molar-refractivity contribution in [1.29, 1.82) is 0 Å². The fraction of sp³-hybridized carbons (Fsp3) is 0.0741. The van der Waals surface area contributed by atoms with Crippen LogP contribution in [0.5, 0.6) is 0 Å². The molecule has 2 atom stereocenters. The summed E-state index contributed by atoms with van der Waals surface area (Å²) in [6, 6.07) is 69.0. The Labute approximate surface area is 338 Å². The predicted molar refractivity (Wildman–Crippen MR) is 230 cm³/mol. The van der Waals surface area contributed by atoms with E-state index in [1.165, 1.54) is 0 Å². The summed E-state index contributed by atoms with van der Waals surface area (Å²) in [4.78, 5) is 28.4. The van der Waals surface area contributed by atoms with Crippen LogP contribution in [0.15, 0.2) is 206 Å². The van der Waals surface area contributed by atoms with Crippen LogP contribution in [0.1, 0.15) is 54.8 Å². The first kappa shape index (κ1) is 35.1. The molecule has 4 nitrogen and oxygen atoms in total. The van der Waals surface area contributed by atoms with Crippen molar-refractivity contribution in [3.8, 4) is 44.5 Å². The SMILES string of the molecule is O=C(OC1C(OC(=O)c2ccccc2)[C@H]2c3cc(-c4ccccc4)c(-c4ccccc4)cc3[C@H]1c1cc(-c3ccccc3)c(-c3ccccc3)cc12)c1ccccc1. The molecule has 58 heavy (non-hydrogen) atoms. The molecule has 3 aliphatic carbocycles. The number of benzene rings is 8. The van der Waals surface area contributed by atoms with Crippen LogP contribution < -0.4 is 0 Å². The second-order valence-electron chi connectivity index (χ2n) is 14.9. The lowest BCUT2D eigenvalue weighted by molar-refractivity contribution is -0.0557. The van der Waals surface area contributed by atoms with Crippen LogP contribution in [-0.2, 0) is 9.47 Å². The van der Waals surface area contributed by atoms with Crippen LogP contribution >= 0.6 is 0 Å². The van der Waals surface area contributed by atoms with Gasteiger partial charge in [0.05, 0.1) is 23.0 Å². The molecule has 0 radical (unpaired) electrons. The first-order valence-electron chi connectivity index (χ1n) is 19.7. The number of carbonyl (C=O) groups excluding carboxylic acids is 2. The molecule has 0 aliphatic heterocycles. The van der Waals surface area contributed by atoms with Gasteiger partial charge in [0.15, 0.2) is 12.2 Å². The van der Waals surface area contributed by atoms with Crippen molar-refractivity contribution in [3.05, 3.63) is 240 Å². The van der Waals surface area contributed by atoms with Gasteiger partial charge in [0.25, 0.3) is 0 Å². The van der Waals surface area contributed by atoms with Gasteiger partial charge in [-0.2, -0.15) is 0 Å². The second kappa shape index (κ2) is 15.0. The Morgan fingerprint density at radius 1 is 0.310 bits per heavy atom. The van der Waals surface area contributed by atoms with E-state index in [4.69, 9.17) is 9.47 Å². The van der Waals surface area contributed by atoms with Gasteiger partial charge in [-0.05, 0) is 115 Å². The van der Waals surface area contributed by atoms with Gasteiger partial charge in [-0.15, -0.1) is 0 Å². The van der Waals surface area contributed by atoms with Crippen molar-refractivity contribution in [2.75, 3.05) is 0 Å². The Morgan fingerprint density at radius 3 is 0.776 bits per heavy atom. The highest BCUT2D eigenvalue weighted by Crippen LogP contribution is 2.58. The first-order chi connectivity index (χ1) is 28.6. The Bertz CT molecular complexity index is 2420. The number of ether oxygens (including phenoxy) is 2. The van der Waals surface area contributed by atoms with Crippen LogP contribution in [-0.4, -0.2) is 24.1 Å². The molecule has 0 fully saturated rings. The summed E-state index contributed by atoms with van der Waals surface area (Å²) < 4.78 is 13.4. The fourth-order valence-electron chi connectivity index (χ4n) is 8.99. The molecule has 8 aromatic rings. The van der Waals surface area contributed by atoms with Gasteiger partial charge >= 0.3 is 11.9 Å². The fourth-order valence-corrected chi connectivity index (χ4v) is 8.99. The number of fused-ring (bicyclic) bond motifs is 1. The highest BCUT2D eigenvalue weighted by atomic mass is 16.6. The standard InChI is InChI=1S/C54H38O4/c55-53(39-27-15-5-16-28-39)57-51-49-45-31-41(35-19-7-1-8-20-35)42(36-21-9-2-10-22-36)32-46(45)50(52(51)58-54(56)40-29-17-6-18-30-40)48-34-44(38-25-13-4-14-26-38)43(33-47(48)49)37-23-11-3-12-24-37/h1-34,49-52H/t49-,50-,51?,52?. The third-order valence-corrected chi connectivity index (χ3v) is 11.6. The van der Waals surface area contributed by atoms with Crippen LogP contribution in [0, 0.1) is 0 Å². The van der Waals surface area contributed by atoms with Crippen LogP contribution in [0.3, 0.4) is 0 Å². The van der Waals surface area contributed by atoms with Gasteiger partial charge in [-0.3, -0.25) is 0 Å². The molecule has 0 aromatic heterocycles. The van der Waals surface area contributed by atoms with E-state index < -0.39 is 36.0 Å². The van der Waals surface area contributed by atoms with Gasteiger partial charge < -0.3 is 9.47 Å². The smallest absolute Gasteiger partial charge is 0.338 e. The molecular weight excluding hydrogens is 713 g/mol. The quantitative estimate of drug-likeness (QED) is 0.145. The second-order valence-corrected chi connectivity index (χ2v) is 14.9. The Hall–Kier alpha value is -7.30. The van der Waals surface area contributed by atoms with Gasteiger partial charge in [0.2, 0.25) is 0 Å². The van der Waals surface area contributed by atoms with Crippen molar-refractivity contribution in [1.82, 2.24) is 0 Å². The maximum Gasteiger partial charge on any atom is 0.338 e. The highest BCUT2D eigenvalue weighted by molar-refractivity contribution is 5.92. The zero-order valence-electron chi connectivity index (χ0n) is 31.6. The third kappa shape index (κ3) is 6.29. The molecule has 2 bridgehead atoms. The van der Waals surface area contributed by atoms with Crippen molar-refractivity contribution < 1.29 is 19.1 Å². The third-order valence-electron chi connectivity index (χ3n) is 11.6. The van der Waals surface area contributed by atoms with E-state index >= 15 is 0 Å². The van der Waals surface area contributed by atoms with Crippen molar-refractivity contribution in [3.63, 3.8) is 0 Å². The summed E-state index contributed by atoms with van der Waals surface area (Å²) in [5, 5.41) is 0. The van der Waals surface area contributed by atoms with Gasteiger partial charge in [0, 0.05) is 0 Å². The molecule has 0 amide bonds. The minimum absolute atomic E-state index is 0.436. The summed E-state index contributed by atoms with van der Waals surface area (Å²) in [6.45, 7) is 0. The average molecular weight is 751 g/mol. The largest absolute Gasteiger partial charge is 0.454 e. The molecule has 0 N–H and O–H groups in total. The number of esters is 2. The van der Waals surface area contributed by atoms with E-state index in [1.807, 2.05) is 60.7 Å². The van der Waals surface area contributed by atoms with Gasteiger partial charge in [0.1, 0.15) is 0 Å². The molecule has 4 heteroatoms. The lowest BCUT2D eigenvalue weighted by Crippen LogP contribution is -2.51. The minimum atomic E-state index is -0.831. The summed E-state index contributed by atoms with van der Waals surface area (Å²) in [7, 11) is 0. The van der Waals surface area contributed by atoms with E-state index in [9.17, 15) is 9.59 Å². The van der Waals surface area contributed by atoms with E-state index in [0.29, 0.717) is 11.1 Å². The zero-order valence-corrected chi connectivity index (χ0v) is 31.6. The molecule has 0 heterocycles. The van der Waals surface area contributed by atoms with Crippen molar-refractivity contribution >= 4 is 11.9 Å². The summed E-state index contributed by atoms with van der Waals surface area (Å²) in [6.07, 6.45) is -1.66. The number of carbonyl (C=O) groups is 2. The number of hydrogen-bond donors (Lipinski definition) is 0. The Kier molecular flexibility index (Phi) is 9.08. The Balaban J connectivity index is 1.26. The monoisotopic (exact) mass is 750 g/mol. The van der Waals surface area contributed by atoms with Crippen molar-refractivity contribution in [2.45, 2.75) is 24.0 Å². The molecule has 0 saturated carbocycles. The molecule has 3 aliphatic rings. The zero-order chi connectivity index (χ0) is 39.0. The van der Waals surface area contributed by atoms with E-state index in [-0.39, 0.29) is 0 Å². The van der Waals surface area contributed by atoms with E-state index in [0.717, 1.165) is 66.8 Å². The lowest BCUT2D eigenvalue weighted by Gasteiger charge is -2.49. The average Bonchev–Trinajstić information content (AvgIpc) is 3.30. The molecule has 278 valence electrons. The molecule has 0 saturated heterocycles. The summed E-state index contributed by atoms with van der Waals surface area (Å²) in [5.41, 5.74) is 13.7. The van der Waals surface area contributed by atoms with Crippen LogP contribution in [0.25, 0.3) is 44.5 Å². The number of rotatable bonds is 8. The van der Waals surface area contributed by atoms with Gasteiger partial charge in [-0.1, -0.05) is 158 Å². The van der Waals surface area contributed by atoms with E-state index in [2.05, 4.69) is 121 Å². The first-order valence-corrected chi connectivity index (χ1v) is 19.7. The van der Waals surface area contributed by atoms with Crippen molar-refractivity contribution in [2.24, 2.45) is 0 Å². The molecular formula is C54H38O4. The molecule has 2 unspecified atom stereocenters. The molecule has 11 rings (SSSR count). The highest BCUT2D eigenvalue weighted by Gasteiger charge is 2.54. The predicted octanol–water partition coefficient (Wildman–Crippen LogP) is 12.4. The maximum absolute atomic E-state index is 14.2. The molecule has 8 aromatic carbocycles. The summed E-state index contributed by atoms with van der Waals surface area (Å²) in [5.74, 6) is -1.85. The molecule has 0 spiro atoms. The minimum Gasteiger partial charge on any atom is -0.454 e. The number of hydrogen-bond acceptors (Lipinski definition) is 4. The van der Waals surface area contributed by atoms with E-state index in [1.54, 1.807) is 24.3 Å². The Morgan fingerprint density at radius 2 is 0.534 bits per heavy atom. The normalized spacial score (nSPS) is 17.4. The van der Waals surface area contributed by atoms with Crippen LogP contribution in [0.4, 0.5) is 0 Å². The lowest BCUT2D eigenvalue weighted by atomic mass is 9.59. The summed E-state index contributed by atoms with van der Waals surface area (Å²) >= 11 is 0. The maximum atomic E-state index is 14.2. The van der Waals surface area contributed by atoms with Crippen LogP contribution in [0.2, 0.25) is 0 Å². The topological polar surface area (TPSA) is 52.6 Å². The van der Waals surface area contributed by atoms with Gasteiger partial charge in [-0.25, -0.2) is 9.59 Å².